The van der Waals surface area contributed by atoms with Gasteiger partial charge in [-0.3, -0.25) is 9.69 Å². The average Bonchev–Trinajstić information content (AvgIpc) is 3.43. The van der Waals surface area contributed by atoms with Crippen LogP contribution >= 0.6 is 11.3 Å². The Kier molecular flexibility index (Phi) is 5.36. The highest BCUT2D eigenvalue weighted by Crippen LogP contribution is 2.28. The van der Waals surface area contributed by atoms with Gasteiger partial charge in [-0.1, -0.05) is 0 Å². The first-order valence-corrected chi connectivity index (χ1v) is 10.6. The van der Waals surface area contributed by atoms with Crippen molar-refractivity contribution in [2.45, 2.75) is 51.1 Å². The topological polar surface area (TPSA) is 54.3 Å². The smallest absolute Gasteiger partial charge is 0.239 e. The largest absolute Gasteiger partial charge is 0.341 e. The van der Waals surface area contributed by atoms with Gasteiger partial charge in [0.1, 0.15) is 5.82 Å². The van der Waals surface area contributed by atoms with Gasteiger partial charge in [-0.05, 0) is 45.7 Å². The van der Waals surface area contributed by atoms with Crippen molar-refractivity contribution in [1.82, 2.24) is 24.3 Å². The molecule has 0 radical (unpaired) electrons. The van der Waals surface area contributed by atoms with Crippen LogP contribution in [0.5, 0.6) is 0 Å². The summed E-state index contributed by atoms with van der Waals surface area (Å²) in [6, 6.07) is 0.00352. The Morgan fingerprint density at radius 2 is 2.00 bits per heavy atom. The molecule has 4 heterocycles. The molecule has 2 aliphatic heterocycles. The number of nitrogens with zero attached hydrogens (tertiary/aromatic N) is 5. The Morgan fingerprint density at radius 1 is 1.23 bits per heavy atom. The zero-order valence-electron chi connectivity index (χ0n) is 15.4. The predicted octanol–water partition coefficient (Wildman–Crippen LogP) is 2.58. The molecule has 0 saturated carbocycles. The maximum absolute atomic E-state index is 12.6. The number of rotatable bonds is 5. The average molecular weight is 374 g/mol. The minimum Gasteiger partial charge on any atom is -0.341 e. The number of imidazole rings is 1. The quantitative estimate of drug-likeness (QED) is 0.808. The van der Waals surface area contributed by atoms with E-state index in [1.54, 1.807) is 11.3 Å². The van der Waals surface area contributed by atoms with Gasteiger partial charge in [0.2, 0.25) is 5.91 Å². The summed E-state index contributed by atoms with van der Waals surface area (Å²) in [4.78, 5) is 26.1. The minimum absolute atomic E-state index is 0.00352. The summed E-state index contributed by atoms with van der Waals surface area (Å²) in [7, 11) is 0. The molecule has 0 bridgehead atoms. The SMILES string of the molecule is C[C@@H](C(=O)N1CCCC1)N1CCC(c2nccn2Cc2cscn2)CC1. The lowest BCUT2D eigenvalue weighted by atomic mass is 9.94. The van der Waals surface area contributed by atoms with Crippen LogP contribution in [0.1, 0.15) is 50.0 Å². The van der Waals surface area contributed by atoms with Crippen LogP contribution in [0.3, 0.4) is 0 Å². The third kappa shape index (κ3) is 3.69. The first-order chi connectivity index (χ1) is 12.7. The normalized spacial score (nSPS) is 20.6. The molecule has 6 nitrogen and oxygen atoms in total. The molecule has 2 aliphatic rings. The zero-order valence-corrected chi connectivity index (χ0v) is 16.2. The lowest BCUT2D eigenvalue weighted by Crippen LogP contribution is -2.48. The van der Waals surface area contributed by atoms with Crippen LogP contribution in [0.15, 0.2) is 23.3 Å². The van der Waals surface area contributed by atoms with Crippen molar-refractivity contribution >= 4 is 17.2 Å². The number of piperidine rings is 1. The van der Waals surface area contributed by atoms with Crippen molar-refractivity contribution in [2.75, 3.05) is 26.2 Å². The number of hydrogen-bond donors (Lipinski definition) is 0. The van der Waals surface area contributed by atoms with E-state index >= 15 is 0 Å². The van der Waals surface area contributed by atoms with Crippen LogP contribution in [0.2, 0.25) is 0 Å². The summed E-state index contributed by atoms with van der Waals surface area (Å²) < 4.78 is 2.23. The van der Waals surface area contributed by atoms with Crippen LogP contribution in [0.4, 0.5) is 0 Å². The Morgan fingerprint density at radius 3 is 2.69 bits per heavy atom. The molecule has 7 heteroatoms. The van der Waals surface area contributed by atoms with Crippen LogP contribution < -0.4 is 0 Å². The van der Waals surface area contributed by atoms with Gasteiger partial charge in [-0.15, -0.1) is 11.3 Å². The Hall–Kier alpha value is -1.73. The fraction of sp³-hybridized carbons (Fsp3) is 0.632. The molecule has 2 aromatic heterocycles. The van der Waals surface area contributed by atoms with Crippen molar-refractivity contribution in [3.8, 4) is 0 Å². The van der Waals surface area contributed by atoms with Gasteiger partial charge in [0, 0.05) is 36.8 Å². The highest BCUT2D eigenvalue weighted by atomic mass is 32.1. The number of carbonyl (C=O) groups is 1. The number of thiazole rings is 1. The molecule has 1 amide bonds. The number of carbonyl (C=O) groups excluding carboxylic acids is 1. The lowest BCUT2D eigenvalue weighted by Gasteiger charge is -2.36. The molecule has 2 fully saturated rings. The Bertz CT molecular complexity index is 714. The molecular weight excluding hydrogens is 346 g/mol. The van der Waals surface area contributed by atoms with Crippen LogP contribution in [0.25, 0.3) is 0 Å². The molecule has 2 aromatic rings. The molecule has 0 spiro atoms. The third-order valence-corrected chi connectivity index (χ3v) is 6.42. The Balaban J connectivity index is 1.35. The molecule has 140 valence electrons. The molecule has 2 saturated heterocycles. The summed E-state index contributed by atoms with van der Waals surface area (Å²) in [6.45, 7) is 6.68. The van der Waals surface area contributed by atoms with Crippen molar-refractivity contribution in [2.24, 2.45) is 0 Å². The van der Waals surface area contributed by atoms with Gasteiger partial charge in [-0.25, -0.2) is 9.97 Å². The van der Waals surface area contributed by atoms with Gasteiger partial charge in [-0.2, -0.15) is 0 Å². The second-order valence-corrected chi connectivity index (χ2v) is 8.13. The molecule has 0 N–H and O–H groups in total. The maximum Gasteiger partial charge on any atom is 0.239 e. The zero-order chi connectivity index (χ0) is 17.9. The fourth-order valence-electron chi connectivity index (χ4n) is 4.21. The van der Waals surface area contributed by atoms with Gasteiger partial charge < -0.3 is 9.47 Å². The van der Waals surface area contributed by atoms with E-state index in [0.29, 0.717) is 11.8 Å². The van der Waals surface area contributed by atoms with Crippen molar-refractivity contribution in [1.29, 1.82) is 0 Å². The predicted molar refractivity (Wildman–Crippen MR) is 102 cm³/mol. The van der Waals surface area contributed by atoms with Crippen LogP contribution in [-0.4, -0.2) is 62.5 Å². The molecular formula is C19H27N5OS. The van der Waals surface area contributed by atoms with Crippen molar-refractivity contribution in [3.63, 3.8) is 0 Å². The van der Waals surface area contributed by atoms with Gasteiger partial charge >= 0.3 is 0 Å². The van der Waals surface area contributed by atoms with Gasteiger partial charge in [0.05, 0.1) is 23.8 Å². The first-order valence-electron chi connectivity index (χ1n) is 9.63. The van der Waals surface area contributed by atoms with Crippen molar-refractivity contribution in [3.05, 3.63) is 34.8 Å². The highest BCUT2D eigenvalue weighted by Gasteiger charge is 2.31. The van der Waals surface area contributed by atoms with E-state index in [0.717, 1.165) is 69.9 Å². The minimum atomic E-state index is 0.00352. The van der Waals surface area contributed by atoms with E-state index in [4.69, 9.17) is 0 Å². The highest BCUT2D eigenvalue weighted by molar-refractivity contribution is 7.07. The summed E-state index contributed by atoms with van der Waals surface area (Å²) >= 11 is 1.63. The Labute approximate surface area is 158 Å². The number of aromatic nitrogens is 3. The summed E-state index contributed by atoms with van der Waals surface area (Å²) in [5.41, 5.74) is 2.97. The molecule has 0 aromatic carbocycles. The van der Waals surface area contributed by atoms with E-state index in [9.17, 15) is 4.79 Å². The molecule has 26 heavy (non-hydrogen) atoms. The van der Waals surface area contributed by atoms with Crippen molar-refractivity contribution < 1.29 is 4.79 Å². The van der Waals surface area contributed by atoms with E-state index in [2.05, 4.69) is 37.9 Å². The lowest BCUT2D eigenvalue weighted by molar-refractivity contribution is -0.135. The molecule has 0 unspecified atom stereocenters. The number of likely N-dealkylation sites (tertiary alicyclic amines) is 2. The van der Waals surface area contributed by atoms with E-state index < -0.39 is 0 Å². The standard InChI is InChI=1S/C19H27N5OS/c1-15(19(25)23-7-2-3-8-23)22-9-4-16(5-10-22)18-20-6-11-24(18)12-17-13-26-14-21-17/h6,11,13-16H,2-5,7-10,12H2,1H3/t15-/m0/s1. The fourth-order valence-corrected chi connectivity index (χ4v) is 4.76. The summed E-state index contributed by atoms with van der Waals surface area (Å²) in [6.07, 6.45) is 8.38. The van der Waals surface area contributed by atoms with E-state index in [1.165, 1.54) is 0 Å². The molecule has 0 aliphatic carbocycles. The van der Waals surface area contributed by atoms with Gasteiger partial charge in [0.25, 0.3) is 0 Å². The molecule has 1 atom stereocenters. The number of amides is 1. The summed E-state index contributed by atoms with van der Waals surface area (Å²) in [5.74, 6) is 1.94. The third-order valence-electron chi connectivity index (χ3n) is 5.78. The monoisotopic (exact) mass is 373 g/mol. The second-order valence-electron chi connectivity index (χ2n) is 7.41. The number of hydrogen-bond acceptors (Lipinski definition) is 5. The summed E-state index contributed by atoms with van der Waals surface area (Å²) in [5, 5.41) is 2.10. The van der Waals surface area contributed by atoms with Crippen LogP contribution in [-0.2, 0) is 11.3 Å². The van der Waals surface area contributed by atoms with Crippen LogP contribution in [0, 0.1) is 0 Å². The molecule has 4 rings (SSSR count). The van der Waals surface area contributed by atoms with E-state index in [-0.39, 0.29) is 6.04 Å². The van der Waals surface area contributed by atoms with Gasteiger partial charge in [0.15, 0.2) is 0 Å². The first kappa shape index (κ1) is 17.7. The maximum atomic E-state index is 12.6. The second kappa shape index (κ2) is 7.88. The van der Waals surface area contributed by atoms with E-state index in [1.807, 2.05) is 16.6 Å².